The van der Waals surface area contributed by atoms with Crippen LogP contribution < -0.4 is 5.32 Å². The Kier molecular flexibility index (Phi) is 7.46. The van der Waals surface area contributed by atoms with E-state index in [9.17, 15) is 18.0 Å². The fraction of sp³-hybridized carbons (Fsp3) is 0.429. The van der Waals surface area contributed by atoms with Crippen LogP contribution in [0.25, 0.3) is 0 Å². The Morgan fingerprint density at radius 1 is 1.13 bits per heavy atom. The lowest BCUT2D eigenvalue weighted by atomic mass is 10.1. The lowest BCUT2D eigenvalue weighted by Crippen LogP contribution is -2.39. The maximum Gasteiger partial charge on any atom is 0.265 e. The standard InChI is InChI=1S/C21H27N3O4S3/c1-14-11-15(2)19(16(3)12-14)22-18(25)13-23(4)21(26)20-17(5-8-30-20)31(27,28)24-6-9-29-10-7-24/h5,8,11-12H,6-7,9-10,13H2,1-4H3,(H,22,25). The summed E-state index contributed by atoms with van der Waals surface area (Å²) >= 11 is 2.79. The van der Waals surface area contributed by atoms with E-state index in [2.05, 4.69) is 5.32 Å². The van der Waals surface area contributed by atoms with Gasteiger partial charge >= 0.3 is 0 Å². The fourth-order valence-electron chi connectivity index (χ4n) is 3.60. The van der Waals surface area contributed by atoms with E-state index in [1.54, 1.807) is 17.1 Å². The maximum atomic E-state index is 13.0. The van der Waals surface area contributed by atoms with Crippen molar-refractivity contribution in [2.75, 3.05) is 43.5 Å². The molecule has 1 aliphatic heterocycles. The molecule has 1 aromatic heterocycles. The first-order valence-corrected chi connectivity index (χ1v) is 13.4. The first-order chi connectivity index (χ1) is 14.6. The number of carbonyl (C=O) groups excluding carboxylic acids is 2. The minimum atomic E-state index is -3.74. The summed E-state index contributed by atoms with van der Waals surface area (Å²) in [4.78, 5) is 27.0. The Labute approximate surface area is 191 Å². The second-order valence-electron chi connectivity index (χ2n) is 7.61. The molecule has 3 rings (SSSR count). The normalized spacial score (nSPS) is 15.0. The van der Waals surface area contributed by atoms with Crippen LogP contribution in [-0.2, 0) is 14.8 Å². The van der Waals surface area contributed by atoms with Gasteiger partial charge in [0.05, 0.1) is 6.54 Å². The van der Waals surface area contributed by atoms with E-state index in [0.717, 1.165) is 45.2 Å². The van der Waals surface area contributed by atoms with Crippen LogP contribution in [0, 0.1) is 20.8 Å². The third-order valence-corrected chi connectivity index (χ3v) is 9.00. The molecule has 0 saturated carbocycles. The zero-order valence-corrected chi connectivity index (χ0v) is 20.5. The van der Waals surface area contributed by atoms with Crippen LogP contribution in [-0.4, -0.2) is 67.6 Å². The van der Waals surface area contributed by atoms with E-state index < -0.39 is 15.9 Å². The summed E-state index contributed by atoms with van der Waals surface area (Å²) in [5.41, 5.74) is 3.75. The molecule has 31 heavy (non-hydrogen) atoms. The van der Waals surface area contributed by atoms with Crippen molar-refractivity contribution in [2.24, 2.45) is 0 Å². The number of rotatable bonds is 6. The van der Waals surface area contributed by atoms with Gasteiger partial charge in [-0.2, -0.15) is 16.1 Å². The highest BCUT2D eigenvalue weighted by Gasteiger charge is 2.32. The van der Waals surface area contributed by atoms with Crippen molar-refractivity contribution in [3.63, 3.8) is 0 Å². The lowest BCUT2D eigenvalue weighted by Gasteiger charge is -2.26. The Bertz CT molecular complexity index is 1070. The van der Waals surface area contributed by atoms with Gasteiger partial charge in [-0.3, -0.25) is 9.59 Å². The fourth-order valence-corrected chi connectivity index (χ4v) is 7.56. The van der Waals surface area contributed by atoms with E-state index in [0.29, 0.717) is 13.1 Å². The van der Waals surface area contributed by atoms with Crippen molar-refractivity contribution in [1.82, 2.24) is 9.21 Å². The van der Waals surface area contributed by atoms with E-state index in [-0.39, 0.29) is 22.2 Å². The number of aryl methyl sites for hydroxylation is 3. The third-order valence-electron chi connectivity index (χ3n) is 5.08. The third kappa shape index (κ3) is 5.31. The largest absolute Gasteiger partial charge is 0.332 e. The predicted molar refractivity (Wildman–Crippen MR) is 127 cm³/mol. The summed E-state index contributed by atoms with van der Waals surface area (Å²) in [5, 5.41) is 4.48. The first-order valence-electron chi connectivity index (χ1n) is 9.90. The molecule has 7 nitrogen and oxygen atoms in total. The number of nitrogens with one attached hydrogen (secondary N) is 1. The van der Waals surface area contributed by atoms with Crippen LogP contribution in [0.2, 0.25) is 0 Å². The molecule has 2 aromatic rings. The van der Waals surface area contributed by atoms with Crippen LogP contribution in [0.4, 0.5) is 5.69 Å². The molecular formula is C21H27N3O4S3. The van der Waals surface area contributed by atoms with Crippen LogP contribution in [0.15, 0.2) is 28.5 Å². The average molecular weight is 482 g/mol. The molecule has 1 saturated heterocycles. The topological polar surface area (TPSA) is 86.8 Å². The van der Waals surface area contributed by atoms with Crippen molar-refractivity contribution in [3.8, 4) is 0 Å². The van der Waals surface area contributed by atoms with Gasteiger partial charge in [0, 0.05) is 37.3 Å². The van der Waals surface area contributed by atoms with Crippen molar-refractivity contribution in [2.45, 2.75) is 25.7 Å². The van der Waals surface area contributed by atoms with Gasteiger partial charge in [0.2, 0.25) is 15.9 Å². The SMILES string of the molecule is Cc1cc(C)c(NC(=O)CN(C)C(=O)c2sccc2S(=O)(=O)N2CCSCC2)c(C)c1. The van der Waals surface area contributed by atoms with E-state index in [1.807, 2.05) is 32.9 Å². The quantitative estimate of drug-likeness (QED) is 0.685. The van der Waals surface area contributed by atoms with Crippen molar-refractivity contribution in [3.05, 3.63) is 45.1 Å². The highest BCUT2D eigenvalue weighted by molar-refractivity contribution is 7.99. The molecule has 1 aromatic carbocycles. The summed E-state index contributed by atoms with van der Waals surface area (Å²) in [5.74, 6) is 0.669. The molecule has 0 spiro atoms. The van der Waals surface area contributed by atoms with Gasteiger partial charge in [0.25, 0.3) is 5.91 Å². The smallest absolute Gasteiger partial charge is 0.265 e. The highest BCUT2D eigenvalue weighted by Crippen LogP contribution is 2.28. The Morgan fingerprint density at radius 2 is 1.74 bits per heavy atom. The second-order valence-corrected chi connectivity index (χ2v) is 11.7. The lowest BCUT2D eigenvalue weighted by molar-refractivity contribution is -0.116. The summed E-state index contributed by atoms with van der Waals surface area (Å²) in [6.07, 6.45) is 0. The zero-order chi connectivity index (χ0) is 22.8. The second kappa shape index (κ2) is 9.72. The Hall–Kier alpha value is -1.88. The van der Waals surface area contributed by atoms with Crippen LogP contribution >= 0.6 is 23.1 Å². The number of thiophene rings is 1. The maximum absolute atomic E-state index is 13.0. The molecule has 1 N–H and O–H groups in total. The number of amides is 2. The van der Waals surface area contributed by atoms with Gasteiger partial charge in [-0.15, -0.1) is 11.3 Å². The molecule has 0 bridgehead atoms. The summed E-state index contributed by atoms with van der Waals surface area (Å²) in [6, 6.07) is 5.45. The number of carbonyl (C=O) groups is 2. The number of hydrogen-bond acceptors (Lipinski definition) is 6. The number of anilines is 1. The van der Waals surface area contributed by atoms with Gasteiger partial charge < -0.3 is 10.2 Å². The molecule has 2 heterocycles. The Balaban J connectivity index is 1.73. The molecule has 0 aliphatic carbocycles. The number of benzene rings is 1. The number of nitrogens with zero attached hydrogens (tertiary/aromatic N) is 2. The molecule has 2 amide bonds. The minimum Gasteiger partial charge on any atom is -0.332 e. The number of sulfonamides is 1. The highest BCUT2D eigenvalue weighted by atomic mass is 32.2. The molecule has 0 atom stereocenters. The van der Waals surface area contributed by atoms with Crippen LogP contribution in [0.5, 0.6) is 0 Å². The van der Waals surface area contributed by atoms with Crippen LogP contribution in [0.3, 0.4) is 0 Å². The van der Waals surface area contributed by atoms with Gasteiger partial charge in [-0.25, -0.2) is 8.42 Å². The first kappa shape index (κ1) is 23.8. The number of thioether (sulfide) groups is 1. The number of hydrogen-bond donors (Lipinski definition) is 1. The molecule has 0 radical (unpaired) electrons. The van der Waals surface area contributed by atoms with Gasteiger partial charge in [0.1, 0.15) is 9.77 Å². The van der Waals surface area contributed by atoms with Gasteiger partial charge in [-0.05, 0) is 43.3 Å². The summed E-state index contributed by atoms with van der Waals surface area (Å²) in [7, 11) is -2.23. The van der Waals surface area contributed by atoms with E-state index in [4.69, 9.17) is 0 Å². The van der Waals surface area contributed by atoms with E-state index >= 15 is 0 Å². The zero-order valence-electron chi connectivity index (χ0n) is 18.1. The summed E-state index contributed by atoms with van der Waals surface area (Å²) < 4.78 is 27.5. The summed E-state index contributed by atoms with van der Waals surface area (Å²) in [6.45, 7) is 6.53. The van der Waals surface area contributed by atoms with Crippen molar-refractivity contribution >= 4 is 50.6 Å². The van der Waals surface area contributed by atoms with Crippen molar-refractivity contribution < 1.29 is 18.0 Å². The monoisotopic (exact) mass is 481 g/mol. The molecule has 10 heteroatoms. The molecule has 0 unspecified atom stereocenters. The van der Waals surface area contributed by atoms with Gasteiger partial charge in [-0.1, -0.05) is 17.7 Å². The minimum absolute atomic E-state index is 0.0203. The van der Waals surface area contributed by atoms with E-state index in [1.165, 1.54) is 22.3 Å². The van der Waals surface area contributed by atoms with Crippen molar-refractivity contribution in [1.29, 1.82) is 0 Å². The molecule has 1 fully saturated rings. The Morgan fingerprint density at radius 3 is 2.35 bits per heavy atom. The van der Waals surface area contributed by atoms with Crippen LogP contribution in [0.1, 0.15) is 26.4 Å². The van der Waals surface area contributed by atoms with Gasteiger partial charge in [0.15, 0.2) is 0 Å². The molecular weight excluding hydrogens is 454 g/mol. The predicted octanol–water partition coefficient (Wildman–Crippen LogP) is 3.12. The molecule has 1 aliphatic rings. The average Bonchev–Trinajstić information content (AvgIpc) is 3.21. The number of likely N-dealkylation sites (N-methyl/N-ethyl adjacent to an activating group) is 1. The molecule has 168 valence electrons.